The first kappa shape index (κ1) is 38.4. The van der Waals surface area contributed by atoms with Gasteiger partial charge in [-0.2, -0.15) is 13.2 Å². The minimum atomic E-state index is -4.83. The van der Waals surface area contributed by atoms with E-state index >= 15 is 13.2 Å². The molecule has 57 heavy (non-hydrogen) atoms. The number of carbonyl (C=O) groups is 2. The molecule has 300 valence electrons. The van der Waals surface area contributed by atoms with Gasteiger partial charge in [-0.15, -0.1) is 0 Å². The second-order valence-corrected chi connectivity index (χ2v) is 16.3. The molecule has 3 aromatic heterocycles. The molecule has 1 atom stereocenters. The van der Waals surface area contributed by atoms with Crippen LogP contribution in [0, 0.1) is 12.3 Å². The average Bonchev–Trinajstić information content (AvgIpc) is 3.61. The monoisotopic (exact) mass is 785 g/mol. The van der Waals surface area contributed by atoms with Crippen LogP contribution in [-0.4, -0.2) is 87.3 Å². The summed E-state index contributed by atoms with van der Waals surface area (Å²) in [6, 6.07) is 5.95. The summed E-state index contributed by atoms with van der Waals surface area (Å²) in [5.41, 5.74) is 2.87. The molecule has 6 heterocycles. The Hall–Kier alpha value is -5.48. The fourth-order valence-corrected chi connectivity index (χ4v) is 8.74. The minimum absolute atomic E-state index is 0.0848. The third kappa shape index (κ3) is 6.98. The second-order valence-electron chi connectivity index (χ2n) is 16.3. The van der Waals surface area contributed by atoms with Crippen molar-refractivity contribution in [3.8, 4) is 11.3 Å². The average molecular weight is 786 g/mol. The molecule has 2 N–H and O–H groups in total. The standard InChI is InChI=1S/C41H46F3N9O4/c1-7-34(54)47-30-16-26(15-29(41(42,43)44)35(30)51-11-10-50(19-23(51)2)27-21-57-22-27)46-36-39(56)49(6)20-31(48-36)28-8-9-45-37(24(28)3)53-13-12-52-32(38(53)55)14-25-17-40(4,5)18-33(25)52/h7-9,14-16,20,23,27H,1,10-13,17-19,21-22H2,2-6H3,(H,46,48)(H,47,54)/t23-/m0/s1. The van der Waals surface area contributed by atoms with Crippen molar-refractivity contribution >= 4 is 40.5 Å². The Morgan fingerprint density at radius 3 is 2.54 bits per heavy atom. The molecule has 0 unspecified atom stereocenters. The maximum Gasteiger partial charge on any atom is 0.418 e. The number of aryl methyl sites for hydroxylation is 1. The Morgan fingerprint density at radius 2 is 1.86 bits per heavy atom. The van der Waals surface area contributed by atoms with Crippen LogP contribution in [0.4, 0.5) is 41.9 Å². The van der Waals surface area contributed by atoms with E-state index in [1.54, 1.807) is 22.1 Å². The van der Waals surface area contributed by atoms with Crippen molar-refractivity contribution in [3.05, 3.63) is 87.7 Å². The van der Waals surface area contributed by atoms with Gasteiger partial charge < -0.3 is 29.4 Å². The lowest BCUT2D eigenvalue weighted by Crippen LogP contribution is -2.60. The van der Waals surface area contributed by atoms with Crippen molar-refractivity contribution in [2.75, 3.05) is 59.8 Å². The third-order valence-electron chi connectivity index (χ3n) is 11.6. The van der Waals surface area contributed by atoms with Crippen molar-refractivity contribution < 1.29 is 27.5 Å². The van der Waals surface area contributed by atoms with Crippen molar-refractivity contribution in [2.24, 2.45) is 12.5 Å². The molecular weight excluding hydrogens is 740 g/mol. The fourth-order valence-electron chi connectivity index (χ4n) is 8.74. The van der Waals surface area contributed by atoms with Crippen molar-refractivity contribution in [2.45, 2.75) is 65.3 Å². The summed E-state index contributed by atoms with van der Waals surface area (Å²) in [5.74, 6) is -0.610. The van der Waals surface area contributed by atoms with Gasteiger partial charge in [-0.05, 0) is 68.0 Å². The van der Waals surface area contributed by atoms with Gasteiger partial charge in [0.05, 0.1) is 41.9 Å². The van der Waals surface area contributed by atoms with E-state index in [2.05, 4.69) is 50.5 Å². The number of piperazine rings is 1. The quantitative estimate of drug-likeness (QED) is 0.222. The number of aromatic nitrogens is 4. The molecule has 1 aliphatic carbocycles. The number of rotatable bonds is 8. The van der Waals surface area contributed by atoms with Crippen LogP contribution < -0.4 is 26.0 Å². The van der Waals surface area contributed by atoms with Crippen LogP contribution in [0.2, 0.25) is 0 Å². The Labute approximate surface area is 328 Å². The smallest absolute Gasteiger partial charge is 0.378 e. The Bertz CT molecular complexity index is 2360. The maximum absolute atomic E-state index is 15.0. The number of hydrogen-bond donors (Lipinski definition) is 2. The van der Waals surface area contributed by atoms with Crippen LogP contribution in [0.25, 0.3) is 11.3 Å². The van der Waals surface area contributed by atoms with Gasteiger partial charge >= 0.3 is 6.18 Å². The molecule has 13 nitrogen and oxygen atoms in total. The molecule has 2 fully saturated rings. The van der Waals surface area contributed by atoms with Crippen molar-refractivity contribution in [1.82, 2.24) is 24.0 Å². The van der Waals surface area contributed by atoms with E-state index in [0.717, 1.165) is 25.0 Å². The van der Waals surface area contributed by atoms with E-state index in [0.29, 0.717) is 67.7 Å². The van der Waals surface area contributed by atoms with Gasteiger partial charge in [0, 0.05) is 80.7 Å². The topological polar surface area (TPSA) is 130 Å². The van der Waals surface area contributed by atoms with Gasteiger partial charge in [-0.1, -0.05) is 20.4 Å². The Morgan fingerprint density at radius 1 is 1.09 bits per heavy atom. The summed E-state index contributed by atoms with van der Waals surface area (Å²) in [6.07, 6.45) is 1.10. The number of benzene rings is 1. The summed E-state index contributed by atoms with van der Waals surface area (Å²) in [6.45, 7) is 15.2. The van der Waals surface area contributed by atoms with Gasteiger partial charge in [0.25, 0.3) is 11.5 Å². The number of ether oxygens (including phenoxy) is 1. The molecule has 0 radical (unpaired) electrons. The molecule has 1 aromatic carbocycles. The van der Waals surface area contributed by atoms with Gasteiger partial charge in [0.2, 0.25) is 5.91 Å². The third-order valence-corrected chi connectivity index (χ3v) is 11.6. The van der Waals surface area contributed by atoms with E-state index in [9.17, 15) is 14.4 Å². The molecule has 2 saturated heterocycles. The van der Waals surface area contributed by atoms with Crippen LogP contribution in [-0.2, 0) is 42.1 Å². The van der Waals surface area contributed by atoms with Crippen LogP contribution in [0.1, 0.15) is 53.6 Å². The van der Waals surface area contributed by atoms with Crippen LogP contribution in [0.5, 0.6) is 0 Å². The van der Waals surface area contributed by atoms with Gasteiger partial charge in [-0.25, -0.2) is 9.97 Å². The Balaban J connectivity index is 1.13. The molecule has 8 rings (SSSR count). The molecule has 3 aliphatic heterocycles. The highest BCUT2D eigenvalue weighted by atomic mass is 19.4. The molecule has 4 aliphatic rings. The van der Waals surface area contributed by atoms with Gasteiger partial charge in [-0.3, -0.25) is 24.2 Å². The zero-order valence-corrected chi connectivity index (χ0v) is 32.7. The van der Waals surface area contributed by atoms with E-state index in [1.807, 2.05) is 19.9 Å². The number of nitrogens with zero attached hydrogens (tertiary/aromatic N) is 7. The van der Waals surface area contributed by atoms with E-state index in [-0.39, 0.29) is 52.8 Å². The summed E-state index contributed by atoms with van der Waals surface area (Å²) >= 11 is 0. The second kappa shape index (κ2) is 14.2. The fraction of sp³-hybridized carbons (Fsp3) is 0.439. The number of hydrogen-bond acceptors (Lipinski definition) is 9. The van der Waals surface area contributed by atoms with E-state index in [1.165, 1.54) is 35.1 Å². The highest BCUT2D eigenvalue weighted by Gasteiger charge is 2.41. The SMILES string of the molecule is C=CC(=O)Nc1cc(Nc2nc(-c3ccnc(N4CCn5c(cc6c5CC(C)(C)C6)C4=O)c3C)cn(C)c2=O)cc(C(F)(F)F)c1N1CCN(C2COC2)C[C@@H]1C. The summed E-state index contributed by atoms with van der Waals surface area (Å²) < 4.78 is 53.9. The van der Waals surface area contributed by atoms with Crippen molar-refractivity contribution in [3.63, 3.8) is 0 Å². The summed E-state index contributed by atoms with van der Waals surface area (Å²) in [7, 11) is 1.52. The molecule has 0 bridgehead atoms. The molecule has 2 amide bonds. The predicted molar refractivity (Wildman–Crippen MR) is 211 cm³/mol. The number of amides is 2. The molecule has 16 heteroatoms. The molecule has 0 saturated carbocycles. The normalized spacial score (nSPS) is 19.6. The summed E-state index contributed by atoms with van der Waals surface area (Å²) in [5, 5.41) is 5.43. The largest absolute Gasteiger partial charge is 0.418 e. The first-order valence-corrected chi connectivity index (χ1v) is 19.1. The highest BCUT2D eigenvalue weighted by Crippen LogP contribution is 2.45. The van der Waals surface area contributed by atoms with E-state index < -0.39 is 23.2 Å². The van der Waals surface area contributed by atoms with Crippen LogP contribution in [0.15, 0.2) is 54.1 Å². The number of nitrogens with one attached hydrogen (secondary N) is 2. The first-order valence-electron chi connectivity index (χ1n) is 19.1. The maximum atomic E-state index is 15.0. The first-order chi connectivity index (χ1) is 27.0. The van der Waals surface area contributed by atoms with Crippen LogP contribution >= 0.6 is 0 Å². The molecular formula is C41H46F3N9O4. The lowest BCUT2D eigenvalue weighted by molar-refractivity contribution is -0.137. The number of carbonyl (C=O) groups excluding carboxylic acids is 2. The lowest BCUT2D eigenvalue weighted by Gasteiger charge is -2.47. The zero-order chi connectivity index (χ0) is 40.6. The van der Waals surface area contributed by atoms with Gasteiger partial charge in [0.1, 0.15) is 11.5 Å². The van der Waals surface area contributed by atoms with Crippen molar-refractivity contribution in [1.29, 1.82) is 0 Å². The van der Waals surface area contributed by atoms with E-state index in [4.69, 9.17) is 4.74 Å². The summed E-state index contributed by atoms with van der Waals surface area (Å²) in [4.78, 5) is 54.9. The molecule has 4 aromatic rings. The number of halogens is 3. The van der Waals surface area contributed by atoms with Crippen LogP contribution in [0.3, 0.4) is 0 Å². The Kier molecular flexibility index (Phi) is 9.54. The molecule has 0 spiro atoms. The highest BCUT2D eigenvalue weighted by molar-refractivity contribution is 6.06. The lowest BCUT2D eigenvalue weighted by atomic mass is 9.90. The minimum Gasteiger partial charge on any atom is -0.378 e. The zero-order valence-electron chi connectivity index (χ0n) is 32.7. The van der Waals surface area contributed by atoms with Gasteiger partial charge in [0.15, 0.2) is 5.82 Å². The number of fused-ring (bicyclic) bond motifs is 3. The number of pyridine rings is 1. The number of alkyl halides is 3. The predicted octanol–water partition coefficient (Wildman–Crippen LogP) is 5.53. The number of anilines is 5.